The predicted octanol–water partition coefficient (Wildman–Crippen LogP) is 3.92. The van der Waals surface area contributed by atoms with E-state index < -0.39 is 0 Å². The first-order chi connectivity index (χ1) is 12.3. The normalized spacial score (nSPS) is 10.9. The van der Waals surface area contributed by atoms with E-state index in [9.17, 15) is 0 Å². The van der Waals surface area contributed by atoms with E-state index in [4.69, 9.17) is 4.42 Å². The highest BCUT2D eigenvalue weighted by Gasteiger charge is 2.11. The first-order valence-electron chi connectivity index (χ1n) is 7.77. The molecule has 0 saturated carbocycles. The highest BCUT2D eigenvalue weighted by molar-refractivity contribution is 7.98. The smallest absolute Gasteiger partial charge is 0.226 e. The van der Waals surface area contributed by atoms with Gasteiger partial charge in [-0.25, -0.2) is 4.98 Å². The largest absolute Gasteiger partial charge is 0.444 e. The van der Waals surface area contributed by atoms with Crippen molar-refractivity contribution in [3.05, 3.63) is 72.1 Å². The second kappa shape index (κ2) is 6.90. The monoisotopic (exact) mass is 349 g/mol. The standard InChI is InChI=1S/C18H15N5OS/c1-13-7-9-14(10-8-13)17-19-15(11-24-17)12-25-18-20-21-22-23(18)16-5-3-2-4-6-16/h2-11H,12H2,1H3. The fourth-order valence-electron chi connectivity index (χ4n) is 2.34. The molecule has 0 N–H and O–H groups in total. The maximum Gasteiger partial charge on any atom is 0.226 e. The van der Waals surface area contributed by atoms with Crippen LogP contribution in [0.15, 0.2) is 70.4 Å². The number of aryl methyl sites for hydroxylation is 1. The number of hydrogen-bond acceptors (Lipinski definition) is 6. The van der Waals surface area contributed by atoms with Crippen molar-refractivity contribution in [3.63, 3.8) is 0 Å². The summed E-state index contributed by atoms with van der Waals surface area (Å²) in [4.78, 5) is 4.55. The Hall–Kier alpha value is -2.93. The average molecular weight is 349 g/mol. The van der Waals surface area contributed by atoms with E-state index in [1.165, 1.54) is 17.3 Å². The van der Waals surface area contributed by atoms with Crippen molar-refractivity contribution in [1.29, 1.82) is 0 Å². The second-order valence-corrected chi connectivity index (χ2v) is 6.45. The van der Waals surface area contributed by atoms with Crippen LogP contribution in [0, 0.1) is 6.92 Å². The van der Waals surface area contributed by atoms with Crippen molar-refractivity contribution in [1.82, 2.24) is 25.2 Å². The molecule has 0 unspecified atom stereocenters. The highest BCUT2D eigenvalue weighted by Crippen LogP contribution is 2.25. The van der Waals surface area contributed by atoms with E-state index in [2.05, 4.69) is 27.4 Å². The number of thioether (sulfide) groups is 1. The molecule has 6 nitrogen and oxygen atoms in total. The third-order valence-corrected chi connectivity index (χ3v) is 4.59. The Morgan fingerprint density at radius 1 is 1.04 bits per heavy atom. The van der Waals surface area contributed by atoms with Gasteiger partial charge < -0.3 is 4.42 Å². The summed E-state index contributed by atoms with van der Waals surface area (Å²) in [7, 11) is 0. The van der Waals surface area contributed by atoms with Crippen molar-refractivity contribution in [2.75, 3.05) is 0 Å². The van der Waals surface area contributed by atoms with Crippen LogP contribution in [-0.2, 0) is 5.75 Å². The van der Waals surface area contributed by atoms with E-state index in [-0.39, 0.29) is 0 Å². The summed E-state index contributed by atoms with van der Waals surface area (Å²) < 4.78 is 7.31. The number of para-hydroxylation sites is 1. The zero-order chi connectivity index (χ0) is 17.1. The molecule has 2 aromatic heterocycles. The van der Waals surface area contributed by atoms with Gasteiger partial charge in [-0.15, -0.1) is 5.10 Å². The number of nitrogens with zero attached hydrogens (tertiary/aromatic N) is 5. The molecule has 0 radical (unpaired) electrons. The molecular weight excluding hydrogens is 334 g/mol. The number of benzene rings is 2. The summed E-state index contributed by atoms with van der Waals surface area (Å²) in [5.41, 5.74) is 3.95. The molecule has 0 bridgehead atoms. The lowest BCUT2D eigenvalue weighted by molar-refractivity contribution is 0.573. The minimum Gasteiger partial charge on any atom is -0.444 e. The molecule has 2 aromatic carbocycles. The van der Waals surface area contributed by atoms with E-state index >= 15 is 0 Å². The summed E-state index contributed by atoms with van der Waals surface area (Å²) in [6.07, 6.45) is 1.68. The highest BCUT2D eigenvalue weighted by atomic mass is 32.2. The molecule has 0 saturated heterocycles. The van der Waals surface area contributed by atoms with Crippen LogP contribution in [0.25, 0.3) is 17.1 Å². The molecule has 0 fully saturated rings. The maximum atomic E-state index is 5.59. The predicted molar refractivity (Wildman–Crippen MR) is 95.4 cm³/mol. The molecule has 0 aliphatic rings. The maximum absolute atomic E-state index is 5.59. The lowest BCUT2D eigenvalue weighted by atomic mass is 10.1. The van der Waals surface area contributed by atoms with Gasteiger partial charge in [-0.3, -0.25) is 0 Å². The van der Waals surface area contributed by atoms with E-state index in [0.29, 0.717) is 16.8 Å². The van der Waals surface area contributed by atoms with Crippen LogP contribution in [0.2, 0.25) is 0 Å². The molecular formula is C18H15N5OS. The fraction of sp³-hybridized carbons (Fsp3) is 0.111. The summed E-state index contributed by atoms with van der Waals surface area (Å²) in [5, 5.41) is 12.6. The quantitative estimate of drug-likeness (QED) is 0.509. The number of tetrazole rings is 1. The van der Waals surface area contributed by atoms with Crippen LogP contribution >= 0.6 is 11.8 Å². The Morgan fingerprint density at radius 3 is 2.64 bits per heavy atom. The Bertz CT molecular complexity index is 963. The third-order valence-electron chi connectivity index (χ3n) is 3.64. The lowest BCUT2D eigenvalue weighted by Gasteiger charge is -2.02. The van der Waals surface area contributed by atoms with E-state index in [1.54, 1.807) is 10.9 Å². The summed E-state index contributed by atoms with van der Waals surface area (Å²) in [6.45, 7) is 2.05. The summed E-state index contributed by atoms with van der Waals surface area (Å²) >= 11 is 1.52. The molecule has 25 heavy (non-hydrogen) atoms. The van der Waals surface area contributed by atoms with Crippen LogP contribution in [0.5, 0.6) is 0 Å². The molecule has 0 amide bonds. The number of aromatic nitrogens is 5. The van der Waals surface area contributed by atoms with Crippen LogP contribution in [-0.4, -0.2) is 25.2 Å². The zero-order valence-corrected chi connectivity index (χ0v) is 14.3. The molecule has 4 aromatic rings. The van der Waals surface area contributed by atoms with Crippen LogP contribution in [0.1, 0.15) is 11.3 Å². The van der Waals surface area contributed by atoms with Gasteiger partial charge in [-0.1, -0.05) is 47.7 Å². The van der Waals surface area contributed by atoms with Crippen LogP contribution < -0.4 is 0 Å². The molecule has 2 heterocycles. The minimum atomic E-state index is 0.623. The van der Waals surface area contributed by atoms with Crippen molar-refractivity contribution in [2.24, 2.45) is 0 Å². The average Bonchev–Trinajstić information content (AvgIpc) is 3.31. The number of oxazole rings is 1. The molecule has 7 heteroatoms. The Kier molecular flexibility index (Phi) is 4.30. The van der Waals surface area contributed by atoms with Crippen LogP contribution in [0.4, 0.5) is 0 Å². The number of hydrogen-bond donors (Lipinski definition) is 0. The zero-order valence-electron chi connectivity index (χ0n) is 13.5. The van der Waals surface area contributed by atoms with Gasteiger partial charge in [0.1, 0.15) is 6.26 Å². The minimum absolute atomic E-state index is 0.623. The van der Waals surface area contributed by atoms with E-state index in [0.717, 1.165) is 16.9 Å². The lowest BCUT2D eigenvalue weighted by Crippen LogP contribution is -1.98. The van der Waals surface area contributed by atoms with Gasteiger partial charge in [0.2, 0.25) is 11.0 Å². The Morgan fingerprint density at radius 2 is 1.84 bits per heavy atom. The van der Waals surface area contributed by atoms with Gasteiger partial charge in [0.25, 0.3) is 0 Å². The second-order valence-electron chi connectivity index (χ2n) is 5.51. The molecule has 0 aliphatic heterocycles. The molecule has 0 aliphatic carbocycles. The SMILES string of the molecule is Cc1ccc(-c2nc(CSc3nnnn3-c3ccccc3)co2)cc1. The van der Waals surface area contributed by atoms with Crippen molar-refractivity contribution < 1.29 is 4.42 Å². The third kappa shape index (κ3) is 3.46. The topological polar surface area (TPSA) is 69.6 Å². The van der Waals surface area contributed by atoms with Gasteiger partial charge in [-0.2, -0.15) is 4.68 Å². The van der Waals surface area contributed by atoms with Gasteiger partial charge in [-0.05, 0) is 41.6 Å². The van der Waals surface area contributed by atoms with E-state index in [1.807, 2.05) is 54.6 Å². The van der Waals surface area contributed by atoms with Gasteiger partial charge in [0, 0.05) is 11.3 Å². The van der Waals surface area contributed by atoms with Crippen molar-refractivity contribution in [2.45, 2.75) is 17.8 Å². The molecule has 0 spiro atoms. The molecule has 0 atom stereocenters. The Labute approximate surface area is 148 Å². The fourth-order valence-corrected chi connectivity index (χ4v) is 3.11. The first kappa shape index (κ1) is 15.6. The van der Waals surface area contributed by atoms with Crippen molar-refractivity contribution >= 4 is 11.8 Å². The first-order valence-corrected chi connectivity index (χ1v) is 8.76. The summed E-state index contributed by atoms with van der Waals surface area (Å²) in [6, 6.07) is 17.9. The van der Waals surface area contributed by atoms with Gasteiger partial charge in [0.05, 0.1) is 11.4 Å². The molecule has 124 valence electrons. The van der Waals surface area contributed by atoms with Gasteiger partial charge >= 0.3 is 0 Å². The van der Waals surface area contributed by atoms with Gasteiger partial charge in [0.15, 0.2) is 0 Å². The van der Waals surface area contributed by atoms with Crippen molar-refractivity contribution in [3.8, 4) is 17.1 Å². The van der Waals surface area contributed by atoms with Crippen LogP contribution in [0.3, 0.4) is 0 Å². The summed E-state index contributed by atoms with van der Waals surface area (Å²) in [5.74, 6) is 1.25. The number of rotatable bonds is 5. The molecule has 4 rings (SSSR count). The Balaban J connectivity index is 1.48.